The predicted octanol–water partition coefficient (Wildman–Crippen LogP) is 4.89. The van der Waals surface area contributed by atoms with E-state index in [4.69, 9.17) is 9.83 Å². The lowest BCUT2D eigenvalue weighted by atomic mass is 10.0. The quantitative estimate of drug-likeness (QED) is 0.694. The second-order valence-corrected chi connectivity index (χ2v) is 8.72. The van der Waals surface area contributed by atoms with E-state index in [-0.39, 0.29) is 22.5 Å². The summed E-state index contributed by atoms with van der Waals surface area (Å²) in [5.74, 6) is -0.906. The Balaban J connectivity index is 1.53. The number of nitrogens with one attached hydrogen (secondary N) is 1. The lowest BCUT2D eigenvalue weighted by Crippen LogP contribution is -2.35. The third kappa shape index (κ3) is 3.90. The van der Waals surface area contributed by atoms with Crippen molar-refractivity contribution in [3.05, 3.63) is 23.5 Å². The highest BCUT2D eigenvalue weighted by atomic mass is 32.2. The number of fused-ring (bicyclic) bond motifs is 1. The minimum atomic E-state index is -4.66. The summed E-state index contributed by atoms with van der Waals surface area (Å²) in [7, 11) is 0. The second kappa shape index (κ2) is 7.43. The Hall–Kier alpha value is -2.01. The Bertz CT molecular complexity index is 914. The maximum Gasteiger partial charge on any atom is 0.441 e. The first kappa shape index (κ1) is 19.3. The number of hydrogen-bond acceptors (Lipinski definition) is 6. The molecule has 2 aliphatic heterocycles. The topological polar surface area (TPSA) is 82.0 Å². The van der Waals surface area contributed by atoms with Crippen molar-refractivity contribution in [1.29, 1.82) is 5.41 Å². The fraction of sp³-hybridized carbons (Fsp3) is 0.412. The molecule has 0 radical (unpaired) electrons. The summed E-state index contributed by atoms with van der Waals surface area (Å²) >= 11 is 1.87. The van der Waals surface area contributed by atoms with Crippen molar-refractivity contribution in [2.45, 2.75) is 48.6 Å². The zero-order valence-electron chi connectivity index (χ0n) is 14.5. The fourth-order valence-corrected chi connectivity index (χ4v) is 5.02. The van der Waals surface area contributed by atoms with Crippen LogP contribution in [0.1, 0.15) is 37.9 Å². The molecule has 1 aromatic heterocycles. The Kier molecular flexibility index (Phi) is 5.13. The van der Waals surface area contributed by atoms with Gasteiger partial charge in [-0.1, -0.05) is 31.0 Å². The predicted molar refractivity (Wildman–Crippen MR) is 103 cm³/mol. The molecule has 1 N–H and O–H groups in total. The van der Waals surface area contributed by atoms with Gasteiger partial charge in [-0.3, -0.25) is 10.2 Å². The van der Waals surface area contributed by atoms with Crippen molar-refractivity contribution in [2.24, 2.45) is 10.1 Å². The van der Waals surface area contributed by atoms with E-state index in [9.17, 15) is 18.0 Å². The molecular weight excluding hydrogens is 413 g/mol. The molecule has 148 valence electrons. The lowest BCUT2D eigenvalue weighted by molar-refractivity contribution is -0.114. The number of alkyl halides is 3. The van der Waals surface area contributed by atoms with Gasteiger partial charge in [0.2, 0.25) is 10.2 Å². The van der Waals surface area contributed by atoms with Crippen LogP contribution in [0.2, 0.25) is 0 Å². The Morgan fingerprint density at radius 2 is 2.04 bits per heavy atom. The number of halogens is 3. The third-order valence-electron chi connectivity index (χ3n) is 4.42. The molecule has 0 spiro atoms. The van der Waals surface area contributed by atoms with Gasteiger partial charge in [-0.15, -0.1) is 0 Å². The molecule has 1 fully saturated rings. The van der Waals surface area contributed by atoms with Crippen LogP contribution in [0.4, 0.5) is 13.2 Å². The molecular formula is C17H15F3N4O2S2. The number of hydrogen-bond donors (Lipinski definition) is 1. The van der Waals surface area contributed by atoms with Crippen molar-refractivity contribution >= 4 is 51.6 Å². The minimum Gasteiger partial charge on any atom is -0.450 e. The summed E-state index contributed by atoms with van der Waals surface area (Å²) in [6, 6.07) is 3.46. The van der Waals surface area contributed by atoms with Crippen LogP contribution >= 0.6 is 23.5 Å². The molecule has 28 heavy (non-hydrogen) atoms. The van der Waals surface area contributed by atoms with Crippen molar-refractivity contribution < 1.29 is 22.4 Å². The zero-order chi connectivity index (χ0) is 19.9. The molecule has 1 amide bonds. The maximum atomic E-state index is 12.8. The van der Waals surface area contributed by atoms with E-state index in [0.717, 1.165) is 17.9 Å². The Morgan fingerprint density at radius 3 is 2.75 bits per heavy atom. The van der Waals surface area contributed by atoms with E-state index in [2.05, 4.69) is 10.1 Å². The standard InChI is InChI=1S/C17H15F3N4O2S2/c18-17(19,20)15-23-24-13(21)11(14(25)22-16(24)28-15)8-9-6-7-12(26-9)27-10-4-2-1-3-5-10/h6-8,10,21H,1-5H2/b11-8-,21-13?. The molecule has 0 bridgehead atoms. The first-order chi connectivity index (χ1) is 13.3. The van der Waals surface area contributed by atoms with Crippen LogP contribution in [0.25, 0.3) is 6.08 Å². The monoisotopic (exact) mass is 428 g/mol. The van der Waals surface area contributed by atoms with Gasteiger partial charge in [0.25, 0.3) is 5.91 Å². The molecule has 0 unspecified atom stereocenters. The van der Waals surface area contributed by atoms with Crippen LogP contribution in [-0.4, -0.2) is 38.4 Å². The smallest absolute Gasteiger partial charge is 0.441 e. The zero-order valence-corrected chi connectivity index (χ0v) is 16.1. The summed E-state index contributed by atoms with van der Waals surface area (Å²) in [4.78, 5) is 15.8. The summed E-state index contributed by atoms with van der Waals surface area (Å²) in [6.07, 6.45) is 2.59. The highest BCUT2D eigenvalue weighted by Gasteiger charge is 2.46. The summed E-state index contributed by atoms with van der Waals surface area (Å²) in [5.41, 5.74) is -0.167. The first-order valence-electron chi connectivity index (χ1n) is 8.65. The highest BCUT2D eigenvalue weighted by Crippen LogP contribution is 2.37. The van der Waals surface area contributed by atoms with Gasteiger partial charge in [-0.05, 0) is 42.8 Å². The average molecular weight is 428 g/mol. The molecule has 0 saturated heterocycles. The van der Waals surface area contributed by atoms with E-state index in [1.54, 1.807) is 23.9 Å². The fourth-order valence-electron chi connectivity index (χ4n) is 3.07. The second-order valence-electron chi connectivity index (χ2n) is 6.46. The van der Waals surface area contributed by atoms with Gasteiger partial charge >= 0.3 is 6.18 Å². The van der Waals surface area contributed by atoms with Crippen molar-refractivity contribution in [2.75, 3.05) is 0 Å². The van der Waals surface area contributed by atoms with Gasteiger partial charge in [0, 0.05) is 5.25 Å². The van der Waals surface area contributed by atoms with Crippen LogP contribution in [0, 0.1) is 5.41 Å². The van der Waals surface area contributed by atoms with Gasteiger partial charge in [0.1, 0.15) is 5.76 Å². The summed E-state index contributed by atoms with van der Waals surface area (Å²) < 4.78 is 44.3. The number of amidine groups is 2. The normalized spacial score (nSPS) is 22.5. The average Bonchev–Trinajstić information content (AvgIpc) is 3.26. The molecule has 11 heteroatoms. The van der Waals surface area contributed by atoms with Crippen LogP contribution in [0.15, 0.2) is 37.3 Å². The van der Waals surface area contributed by atoms with E-state index < -0.39 is 23.0 Å². The Labute approximate surface area is 166 Å². The van der Waals surface area contributed by atoms with Crippen molar-refractivity contribution in [3.63, 3.8) is 0 Å². The lowest BCUT2D eigenvalue weighted by Gasteiger charge is -2.20. The number of hydrazone groups is 1. The van der Waals surface area contributed by atoms with Gasteiger partial charge in [0.05, 0.1) is 5.57 Å². The highest BCUT2D eigenvalue weighted by molar-refractivity contribution is 8.27. The molecule has 3 heterocycles. The number of furan rings is 1. The number of aliphatic imine (C=N–C) groups is 1. The van der Waals surface area contributed by atoms with Gasteiger partial charge < -0.3 is 4.42 Å². The minimum absolute atomic E-state index is 0.167. The van der Waals surface area contributed by atoms with Gasteiger partial charge in [-0.2, -0.15) is 28.3 Å². The Morgan fingerprint density at radius 1 is 1.29 bits per heavy atom. The summed E-state index contributed by atoms with van der Waals surface area (Å²) in [6.45, 7) is 0. The number of carbonyl (C=O) groups is 1. The molecule has 3 aliphatic rings. The first-order valence-corrected chi connectivity index (χ1v) is 10.3. The number of thioether (sulfide) groups is 2. The molecule has 0 atom stereocenters. The third-order valence-corrected chi connectivity index (χ3v) is 6.63. The van der Waals surface area contributed by atoms with Crippen molar-refractivity contribution in [1.82, 2.24) is 5.01 Å². The SMILES string of the molecule is N=C1/C(=C/c2ccc(SC3CCCCC3)o2)C(=O)N=C2SC(C(F)(F)F)=NN12. The van der Waals surface area contributed by atoms with Crippen LogP contribution in [-0.2, 0) is 4.79 Å². The molecule has 1 saturated carbocycles. The van der Waals surface area contributed by atoms with E-state index in [1.165, 1.54) is 25.3 Å². The molecule has 1 aromatic rings. The van der Waals surface area contributed by atoms with Crippen LogP contribution in [0.5, 0.6) is 0 Å². The molecule has 6 nitrogen and oxygen atoms in total. The number of nitrogens with zero attached hydrogens (tertiary/aromatic N) is 3. The van der Waals surface area contributed by atoms with Gasteiger partial charge in [0.15, 0.2) is 10.9 Å². The summed E-state index contributed by atoms with van der Waals surface area (Å²) in [5, 5.41) is 12.0. The number of amides is 1. The van der Waals surface area contributed by atoms with Gasteiger partial charge in [-0.25, -0.2) is 0 Å². The molecule has 0 aromatic carbocycles. The van der Waals surface area contributed by atoms with E-state index in [0.29, 0.717) is 16.1 Å². The van der Waals surface area contributed by atoms with Crippen LogP contribution < -0.4 is 0 Å². The molecule has 4 rings (SSSR count). The largest absolute Gasteiger partial charge is 0.450 e. The number of carbonyl (C=O) groups excluding carboxylic acids is 1. The number of rotatable bonds is 3. The molecule has 1 aliphatic carbocycles. The van der Waals surface area contributed by atoms with Crippen LogP contribution in [0.3, 0.4) is 0 Å². The maximum absolute atomic E-state index is 12.8. The van der Waals surface area contributed by atoms with E-state index in [1.807, 2.05) is 0 Å². The van der Waals surface area contributed by atoms with E-state index >= 15 is 0 Å². The van der Waals surface area contributed by atoms with Crippen molar-refractivity contribution in [3.8, 4) is 0 Å².